The highest BCUT2D eigenvalue weighted by molar-refractivity contribution is 7.99. The molecule has 0 amide bonds. The van der Waals surface area contributed by atoms with E-state index in [2.05, 4.69) is 50.0 Å². The molecule has 0 saturated heterocycles. The number of hydrogen-bond acceptors (Lipinski definition) is 4. The highest BCUT2D eigenvalue weighted by atomic mass is 32.2. The number of aliphatic imine (C=N–C) groups is 1. The standard InChI is InChI=1S/C17H30N4S2/c1-6-18-16(20-12-7-8-13(9-12)22-5)19-10-15-21-14(11-23-15)17(2,3)4/h11-13H,6-10H2,1-5H3,(H2,18,19,20). The van der Waals surface area contributed by atoms with Crippen molar-refractivity contribution in [3.63, 3.8) is 0 Å². The second-order valence-electron chi connectivity index (χ2n) is 7.08. The number of thiazole rings is 1. The number of aromatic nitrogens is 1. The highest BCUT2D eigenvalue weighted by Gasteiger charge is 2.24. The Hall–Kier alpha value is -0.750. The first-order chi connectivity index (χ1) is 10.9. The van der Waals surface area contributed by atoms with E-state index in [1.807, 2.05) is 11.8 Å². The molecule has 1 saturated carbocycles. The summed E-state index contributed by atoms with van der Waals surface area (Å²) in [7, 11) is 0. The fourth-order valence-electron chi connectivity index (χ4n) is 2.67. The summed E-state index contributed by atoms with van der Waals surface area (Å²) in [6, 6.07) is 0.548. The van der Waals surface area contributed by atoms with Crippen molar-refractivity contribution in [3.05, 3.63) is 16.1 Å². The van der Waals surface area contributed by atoms with Crippen LogP contribution in [0.25, 0.3) is 0 Å². The van der Waals surface area contributed by atoms with Crippen molar-refractivity contribution < 1.29 is 0 Å². The van der Waals surface area contributed by atoms with Crippen LogP contribution in [0, 0.1) is 0 Å². The summed E-state index contributed by atoms with van der Waals surface area (Å²) in [6.07, 6.45) is 5.99. The van der Waals surface area contributed by atoms with Crippen LogP contribution in [0.15, 0.2) is 10.4 Å². The van der Waals surface area contributed by atoms with Crippen molar-refractivity contribution in [2.24, 2.45) is 4.99 Å². The minimum Gasteiger partial charge on any atom is -0.357 e. The molecule has 1 aromatic heterocycles. The van der Waals surface area contributed by atoms with Crippen molar-refractivity contribution in [2.75, 3.05) is 12.8 Å². The maximum absolute atomic E-state index is 4.73. The first-order valence-electron chi connectivity index (χ1n) is 8.45. The van der Waals surface area contributed by atoms with E-state index in [1.54, 1.807) is 11.3 Å². The van der Waals surface area contributed by atoms with Crippen LogP contribution in [0.5, 0.6) is 0 Å². The van der Waals surface area contributed by atoms with Gasteiger partial charge in [-0.3, -0.25) is 0 Å². The fraction of sp³-hybridized carbons (Fsp3) is 0.765. The lowest BCUT2D eigenvalue weighted by Crippen LogP contribution is -2.42. The Morgan fingerprint density at radius 3 is 2.78 bits per heavy atom. The lowest BCUT2D eigenvalue weighted by molar-refractivity contribution is 0.571. The third-order valence-electron chi connectivity index (χ3n) is 4.10. The normalized spacial score (nSPS) is 22.4. The van der Waals surface area contributed by atoms with Crippen LogP contribution in [0.3, 0.4) is 0 Å². The Kier molecular flexibility index (Phi) is 6.77. The third-order valence-corrected chi connectivity index (χ3v) is 6.02. The topological polar surface area (TPSA) is 49.3 Å². The minimum absolute atomic E-state index is 0.109. The molecule has 2 rings (SSSR count). The van der Waals surface area contributed by atoms with Crippen LogP contribution in [-0.4, -0.2) is 35.0 Å². The Morgan fingerprint density at radius 1 is 1.43 bits per heavy atom. The molecule has 6 heteroatoms. The van der Waals surface area contributed by atoms with Crippen molar-refractivity contribution in [2.45, 2.75) is 70.2 Å². The summed E-state index contributed by atoms with van der Waals surface area (Å²) in [5, 5.41) is 11.0. The maximum Gasteiger partial charge on any atom is 0.191 e. The Balaban J connectivity index is 1.94. The predicted molar refractivity (Wildman–Crippen MR) is 104 cm³/mol. The summed E-state index contributed by atoms with van der Waals surface area (Å²) in [6.45, 7) is 10.2. The molecule has 1 aromatic rings. The Bertz CT molecular complexity index is 519. The molecule has 130 valence electrons. The van der Waals surface area contributed by atoms with E-state index in [4.69, 9.17) is 9.98 Å². The van der Waals surface area contributed by atoms with Crippen molar-refractivity contribution in [3.8, 4) is 0 Å². The van der Waals surface area contributed by atoms with Gasteiger partial charge in [0.05, 0.1) is 12.2 Å². The largest absolute Gasteiger partial charge is 0.357 e. The molecule has 1 heterocycles. The smallest absolute Gasteiger partial charge is 0.191 e. The van der Waals surface area contributed by atoms with Gasteiger partial charge < -0.3 is 10.6 Å². The Morgan fingerprint density at radius 2 is 2.22 bits per heavy atom. The molecule has 2 N–H and O–H groups in total. The number of rotatable bonds is 5. The molecule has 0 radical (unpaired) electrons. The summed E-state index contributed by atoms with van der Waals surface area (Å²) >= 11 is 3.69. The van der Waals surface area contributed by atoms with Gasteiger partial charge in [0, 0.05) is 28.6 Å². The molecule has 1 fully saturated rings. The number of hydrogen-bond donors (Lipinski definition) is 2. The fourth-order valence-corrected chi connectivity index (χ4v) is 4.41. The molecule has 4 nitrogen and oxygen atoms in total. The van der Waals surface area contributed by atoms with E-state index in [-0.39, 0.29) is 5.41 Å². The monoisotopic (exact) mass is 354 g/mol. The molecule has 1 aliphatic carbocycles. The molecule has 2 unspecified atom stereocenters. The quantitative estimate of drug-likeness (QED) is 0.624. The molecule has 0 bridgehead atoms. The van der Waals surface area contributed by atoms with E-state index in [0.717, 1.165) is 28.5 Å². The van der Waals surface area contributed by atoms with E-state index < -0.39 is 0 Å². The summed E-state index contributed by atoms with van der Waals surface area (Å²) < 4.78 is 0. The van der Waals surface area contributed by atoms with Gasteiger partial charge in [0.1, 0.15) is 5.01 Å². The van der Waals surface area contributed by atoms with Gasteiger partial charge >= 0.3 is 0 Å². The zero-order chi connectivity index (χ0) is 16.9. The van der Waals surface area contributed by atoms with E-state index in [9.17, 15) is 0 Å². The first kappa shape index (κ1) is 18.6. The SMILES string of the molecule is CCNC(=NCc1nc(C(C)(C)C)cs1)NC1CCC(SC)C1. The van der Waals surface area contributed by atoms with Crippen LogP contribution in [0.4, 0.5) is 0 Å². The maximum atomic E-state index is 4.73. The van der Waals surface area contributed by atoms with Gasteiger partial charge in [-0.25, -0.2) is 9.98 Å². The van der Waals surface area contributed by atoms with Crippen LogP contribution in [0.2, 0.25) is 0 Å². The molecule has 23 heavy (non-hydrogen) atoms. The van der Waals surface area contributed by atoms with Gasteiger partial charge in [-0.15, -0.1) is 11.3 Å². The van der Waals surface area contributed by atoms with Crippen molar-refractivity contribution in [1.82, 2.24) is 15.6 Å². The lowest BCUT2D eigenvalue weighted by atomic mass is 9.93. The Labute approximate surface area is 149 Å². The van der Waals surface area contributed by atoms with Gasteiger partial charge in [-0.05, 0) is 32.4 Å². The molecule has 0 aliphatic heterocycles. The van der Waals surface area contributed by atoms with Crippen LogP contribution >= 0.6 is 23.1 Å². The average Bonchev–Trinajstić information content (AvgIpc) is 3.13. The van der Waals surface area contributed by atoms with Gasteiger partial charge in [-0.2, -0.15) is 11.8 Å². The summed E-state index contributed by atoms with van der Waals surface area (Å²) in [5.74, 6) is 0.923. The zero-order valence-electron chi connectivity index (χ0n) is 15.0. The molecule has 0 aromatic carbocycles. The summed E-state index contributed by atoms with van der Waals surface area (Å²) in [5.41, 5.74) is 1.27. The lowest BCUT2D eigenvalue weighted by Gasteiger charge is -2.17. The second kappa shape index (κ2) is 8.38. The van der Waals surface area contributed by atoms with Crippen LogP contribution in [0.1, 0.15) is 57.7 Å². The molecule has 0 spiro atoms. The molecular formula is C17H30N4S2. The molecule has 1 aliphatic rings. The van der Waals surface area contributed by atoms with Crippen LogP contribution < -0.4 is 10.6 Å². The second-order valence-corrected chi connectivity index (χ2v) is 9.16. The minimum atomic E-state index is 0.109. The predicted octanol–water partition coefficient (Wildman–Crippen LogP) is 3.78. The van der Waals surface area contributed by atoms with E-state index in [0.29, 0.717) is 12.6 Å². The number of guanidine groups is 1. The average molecular weight is 355 g/mol. The summed E-state index contributed by atoms with van der Waals surface area (Å²) in [4.78, 5) is 9.45. The molecular weight excluding hydrogens is 324 g/mol. The van der Waals surface area contributed by atoms with Gasteiger partial charge in [0.2, 0.25) is 0 Å². The number of nitrogens with zero attached hydrogens (tertiary/aromatic N) is 2. The first-order valence-corrected chi connectivity index (χ1v) is 10.6. The van der Waals surface area contributed by atoms with Gasteiger partial charge in [0.25, 0.3) is 0 Å². The molecule has 2 atom stereocenters. The third kappa shape index (κ3) is 5.68. The van der Waals surface area contributed by atoms with Gasteiger partial charge in [0.15, 0.2) is 5.96 Å². The van der Waals surface area contributed by atoms with Crippen molar-refractivity contribution in [1.29, 1.82) is 0 Å². The van der Waals surface area contributed by atoms with E-state index >= 15 is 0 Å². The van der Waals surface area contributed by atoms with E-state index in [1.165, 1.54) is 19.3 Å². The van der Waals surface area contributed by atoms with Gasteiger partial charge in [-0.1, -0.05) is 20.8 Å². The van der Waals surface area contributed by atoms with Crippen LogP contribution in [-0.2, 0) is 12.0 Å². The number of nitrogens with one attached hydrogen (secondary N) is 2. The number of thioether (sulfide) groups is 1. The van der Waals surface area contributed by atoms with Crippen molar-refractivity contribution >= 4 is 29.1 Å². The highest BCUT2D eigenvalue weighted by Crippen LogP contribution is 2.28. The zero-order valence-corrected chi connectivity index (χ0v) is 16.6.